The Labute approximate surface area is 215 Å². The van der Waals surface area contributed by atoms with Gasteiger partial charge >= 0.3 is 0 Å². The van der Waals surface area contributed by atoms with E-state index >= 15 is 0 Å². The maximum atomic E-state index is 13.8. The van der Waals surface area contributed by atoms with E-state index in [9.17, 15) is 4.79 Å². The highest BCUT2D eigenvalue weighted by Gasteiger charge is 2.35. The number of carbonyl (C=O) groups is 1. The number of hydrogen-bond donors (Lipinski definition) is 0. The minimum Gasteiger partial charge on any atom is -0.494 e. The number of fused-ring (bicyclic) bond motifs is 1. The molecule has 6 heteroatoms. The fourth-order valence-electron chi connectivity index (χ4n) is 4.09. The Hall–Kier alpha value is -4.03. The van der Waals surface area contributed by atoms with E-state index in [0.717, 1.165) is 39.2 Å². The van der Waals surface area contributed by atoms with Gasteiger partial charge in [0.05, 0.1) is 29.5 Å². The average molecular weight is 495 g/mol. The minimum absolute atomic E-state index is 0.124. The number of benzene rings is 4. The van der Waals surface area contributed by atoms with Crippen LogP contribution in [0.2, 0.25) is 0 Å². The zero-order valence-corrected chi connectivity index (χ0v) is 21.0. The van der Waals surface area contributed by atoms with Crippen molar-refractivity contribution >= 4 is 51.1 Å². The van der Waals surface area contributed by atoms with Gasteiger partial charge in [0.15, 0.2) is 5.17 Å². The van der Waals surface area contributed by atoms with E-state index in [1.807, 2.05) is 111 Å². The number of nitrogens with zero attached hydrogens (tertiary/aromatic N) is 2. The number of carbonyl (C=O) groups excluding carboxylic acids is 1. The summed E-state index contributed by atoms with van der Waals surface area (Å²) < 4.78 is 11.7. The first kappa shape index (κ1) is 23.7. The number of thioether (sulfide) groups is 1. The van der Waals surface area contributed by atoms with Crippen LogP contribution in [0.15, 0.2) is 101 Å². The van der Waals surface area contributed by atoms with E-state index in [4.69, 9.17) is 14.5 Å². The molecule has 0 saturated carbocycles. The molecule has 1 saturated heterocycles. The Balaban J connectivity index is 1.65. The van der Waals surface area contributed by atoms with Gasteiger partial charge < -0.3 is 9.47 Å². The molecule has 0 atom stereocenters. The third-order valence-electron chi connectivity index (χ3n) is 5.68. The van der Waals surface area contributed by atoms with Crippen LogP contribution in [0.4, 0.5) is 11.4 Å². The molecule has 180 valence electrons. The Morgan fingerprint density at radius 1 is 0.861 bits per heavy atom. The van der Waals surface area contributed by atoms with Crippen LogP contribution in [0.1, 0.15) is 19.4 Å². The van der Waals surface area contributed by atoms with Gasteiger partial charge in [-0.25, -0.2) is 4.99 Å². The molecule has 36 heavy (non-hydrogen) atoms. The van der Waals surface area contributed by atoms with Gasteiger partial charge in [0.2, 0.25) is 0 Å². The predicted octanol–water partition coefficient (Wildman–Crippen LogP) is 7.45. The molecule has 5 rings (SSSR count). The highest BCUT2D eigenvalue weighted by Crippen LogP contribution is 2.40. The molecule has 1 aliphatic heterocycles. The first-order valence-electron chi connectivity index (χ1n) is 11.9. The Morgan fingerprint density at radius 3 is 2.28 bits per heavy atom. The number of hydrogen-bond acceptors (Lipinski definition) is 5. The molecular weight excluding hydrogens is 468 g/mol. The molecule has 4 aromatic carbocycles. The maximum Gasteiger partial charge on any atom is 0.271 e. The van der Waals surface area contributed by atoms with Gasteiger partial charge in [-0.3, -0.25) is 9.69 Å². The largest absolute Gasteiger partial charge is 0.494 e. The van der Waals surface area contributed by atoms with Crippen molar-refractivity contribution in [1.29, 1.82) is 0 Å². The molecule has 4 aromatic rings. The number of para-hydroxylation sites is 2. The lowest BCUT2D eigenvalue weighted by atomic mass is 10.0. The second kappa shape index (κ2) is 10.7. The standard InChI is InChI=1S/C30H26N2O3S/c1-3-34-24-17-15-21-16-18-27(35-4-2)26(25(21)19-24)20-28-29(33)32(23-13-9-6-10-14-23)30(36-28)31-22-11-7-5-8-12-22/h5-20H,3-4H2,1-2H3/b28-20-,31-30?. The van der Waals surface area contributed by atoms with E-state index < -0.39 is 0 Å². The number of ether oxygens (including phenoxy) is 2. The predicted molar refractivity (Wildman–Crippen MR) is 149 cm³/mol. The smallest absolute Gasteiger partial charge is 0.271 e. The maximum absolute atomic E-state index is 13.8. The molecule has 0 bridgehead atoms. The van der Waals surface area contributed by atoms with Crippen LogP contribution >= 0.6 is 11.8 Å². The van der Waals surface area contributed by atoms with Crippen molar-refractivity contribution in [3.05, 3.63) is 101 Å². The second-order valence-electron chi connectivity index (χ2n) is 8.04. The van der Waals surface area contributed by atoms with Gasteiger partial charge in [-0.2, -0.15) is 0 Å². The van der Waals surface area contributed by atoms with E-state index in [1.54, 1.807) is 4.90 Å². The molecule has 1 aliphatic rings. The molecular formula is C30H26N2O3S. The van der Waals surface area contributed by atoms with Gasteiger partial charge in [0, 0.05) is 5.56 Å². The topological polar surface area (TPSA) is 51.1 Å². The molecule has 0 aromatic heterocycles. The molecule has 0 N–H and O–H groups in total. The minimum atomic E-state index is -0.124. The van der Waals surface area contributed by atoms with Gasteiger partial charge in [-0.05, 0) is 84.9 Å². The monoisotopic (exact) mass is 494 g/mol. The Kier molecular flexibility index (Phi) is 7.05. The van der Waals surface area contributed by atoms with Crippen LogP contribution in [0.5, 0.6) is 11.5 Å². The third-order valence-corrected chi connectivity index (χ3v) is 6.65. The number of amides is 1. The van der Waals surface area contributed by atoms with Crippen LogP contribution < -0.4 is 14.4 Å². The average Bonchev–Trinajstić information content (AvgIpc) is 3.21. The SMILES string of the molecule is CCOc1ccc2ccc(OCC)c(/C=C3\SC(=Nc4ccccc4)N(c4ccccc4)C3=O)c2c1. The van der Waals surface area contributed by atoms with Crippen molar-refractivity contribution in [3.63, 3.8) is 0 Å². The van der Waals surface area contributed by atoms with E-state index in [0.29, 0.717) is 23.3 Å². The fourth-order valence-corrected chi connectivity index (χ4v) is 5.07. The van der Waals surface area contributed by atoms with Gasteiger partial charge in [0.1, 0.15) is 11.5 Å². The summed E-state index contributed by atoms with van der Waals surface area (Å²) in [5, 5.41) is 2.62. The summed E-state index contributed by atoms with van der Waals surface area (Å²) in [6.45, 7) is 5.01. The van der Waals surface area contributed by atoms with E-state index in [-0.39, 0.29) is 5.91 Å². The van der Waals surface area contributed by atoms with Gasteiger partial charge in [-0.1, -0.05) is 48.5 Å². The van der Waals surface area contributed by atoms with Crippen LogP contribution in [0.25, 0.3) is 16.8 Å². The van der Waals surface area contributed by atoms with E-state index in [2.05, 4.69) is 0 Å². The summed E-state index contributed by atoms with van der Waals surface area (Å²) in [5.74, 6) is 1.38. The van der Waals surface area contributed by atoms with Gasteiger partial charge in [0.25, 0.3) is 5.91 Å². The van der Waals surface area contributed by atoms with Crippen molar-refractivity contribution in [3.8, 4) is 11.5 Å². The van der Waals surface area contributed by atoms with Crippen molar-refractivity contribution < 1.29 is 14.3 Å². The van der Waals surface area contributed by atoms with Crippen LogP contribution in [0, 0.1) is 0 Å². The van der Waals surface area contributed by atoms with Crippen molar-refractivity contribution in [2.45, 2.75) is 13.8 Å². The van der Waals surface area contributed by atoms with Crippen molar-refractivity contribution in [2.75, 3.05) is 18.1 Å². The second-order valence-corrected chi connectivity index (χ2v) is 9.05. The molecule has 0 spiro atoms. The normalized spacial score (nSPS) is 15.7. The number of aliphatic imine (C=N–C) groups is 1. The summed E-state index contributed by atoms with van der Waals surface area (Å²) in [5.41, 5.74) is 2.41. The molecule has 0 radical (unpaired) electrons. The summed E-state index contributed by atoms with van der Waals surface area (Å²) in [4.78, 5) is 20.8. The number of amidine groups is 1. The highest BCUT2D eigenvalue weighted by atomic mass is 32.2. The summed E-state index contributed by atoms with van der Waals surface area (Å²) >= 11 is 1.36. The summed E-state index contributed by atoms with van der Waals surface area (Å²) in [6.07, 6.45) is 1.92. The Bertz CT molecular complexity index is 1440. The highest BCUT2D eigenvalue weighted by molar-refractivity contribution is 8.19. The lowest BCUT2D eigenvalue weighted by Crippen LogP contribution is -2.28. The first-order valence-corrected chi connectivity index (χ1v) is 12.7. The van der Waals surface area contributed by atoms with Crippen molar-refractivity contribution in [1.82, 2.24) is 0 Å². The first-order chi connectivity index (χ1) is 17.7. The molecule has 5 nitrogen and oxygen atoms in total. The fraction of sp³-hybridized carbons (Fsp3) is 0.133. The quantitative estimate of drug-likeness (QED) is 0.250. The van der Waals surface area contributed by atoms with Crippen LogP contribution in [0.3, 0.4) is 0 Å². The lowest BCUT2D eigenvalue weighted by Gasteiger charge is -2.15. The molecule has 0 aliphatic carbocycles. The molecule has 1 amide bonds. The van der Waals surface area contributed by atoms with Gasteiger partial charge in [-0.15, -0.1) is 0 Å². The molecule has 0 unspecified atom stereocenters. The zero-order chi connectivity index (χ0) is 24.9. The molecule has 1 fully saturated rings. The van der Waals surface area contributed by atoms with Crippen LogP contribution in [-0.4, -0.2) is 24.3 Å². The molecule has 1 heterocycles. The number of anilines is 1. The summed E-state index contributed by atoms with van der Waals surface area (Å²) in [6, 6.07) is 29.3. The van der Waals surface area contributed by atoms with Crippen molar-refractivity contribution in [2.24, 2.45) is 4.99 Å². The lowest BCUT2D eigenvalue weighted by molar-refractivity contribution is -0.113. The zero-order valence-electron chi connectivity index (χ0n) is 20.2. The Morgan fingerprint density at radius 2 is 1.56 bits per heavy atom. The van der Waals surface area contributed by atoms with Crippen LogP contribution in [-0.2, 0) is 4.79 Å². The summed E-state index contributed by atoms with van der Waals surface area (Å²) in [7, 11) is 0. The number of rotatable bonds is 7. The third kappa shape index (κ3) is 4.86. The van der Waals surface area contributed by atoms with E-state index in [1.165, 1.54) is 11.8 Å².